The van der Waals surface area contributed by atoms with E-state index in [2.05, 4.69) is 18.7 Å². The molecular weight excluding hydrogens is 332 g/mol. The summed E-state index contributed by atoms with van der Waals surface area (Å²) in [6.45, 7) is 12.6. The Hall–Kier alpha value is -2.08. The monoisotopic (exact) mass is 362 g/mol. The third kappa shape index (κ3) is 5.46. The third-order valence-electron chi connectivity index (χ3n) is 4.48. The van der Waals surface area contributed by atoms with Gasteiger partial charge in [0.15, 0.2) is 0 Å². The molecular formula is C20H30N2O4. The Morgan fingerprint density at radius 2 is 1.96 bits per heavy atom. The topological polar surface area (TPSA) is 70.1 Å². The molecule has 0 bridgehead atoms. The molecule has 26 heavy (non-hydrogen) atoms. The highest BCUT2D eigenvalue weighted by atomic mass is 16.6. The highest BCUT2D eigenvalue weighted by molar-refractivity contribution is 5.87. The number of carboxylic acid groups (broad SMARTS) is 1. The number of ether oxygens (including phenoxy) is 1. The third-order valence-corrected chi connectivity index (χ3v) is 4.48. The first-order valence-corrected chi connectivity index (χ1v) is 9.11. The number of hydrogen-bond acceptors (Lipinski definition) is 4. The van der Waals surface area contributed by atoms with E-state index in [0.29, 0.717) is 24.6 Å². The number of amides is 1. The molecule has 0 aliphatic carbocycles. The van der Waals surface area contributed by atoms with Crippen molar-refractivity contribution in [3.8, 4) is 0 Å². The summed E-state index contributed by atoms with van der Waals surface area (Å²) >= 11 is 0. The minimum absolute atomic E-state index is 0.0706. The zero-order valence-electron chi connectivity index (χ0n) is 16.4. The summed E-state index contributed by atoms with van der Waals surface area (Å²) < 4.78 is 5.56. The van der Waals surface area contributed by atoms with E-state index >= 15 is 0 Å². The molecule has 144 valence electrons. The molecule has 0 saturated carbocycles. The van der Waals surface area contributed by atoms with Gasteiger partial charge in [-0.15, -0.1) is 0 Å². The van der Waals surface area contributed by atoms with Crippen LogP contribution >= 0.6 is 0 Å². The maximum Gasteiger partial charge on any atom is 0.410 e. The van der Waals surface area contributed by atoms with E-state index in [1.807, 2.05) is 31.7 Å². The molecule has 1 aliphatic heterocycles. The van der Waals surface area contributed by atoms with Crippen LogP contribution in [0.2, 0.25) is 0 Å². The van der Waals surface area contributed by atoms with E-state index in [9.17, 15) is 9.59 Å². The first kappa shape index (κ1) is 20.2. The van der Waals surface area contributed by atoms with E-state index in [-0.39, 0.29) is 12.1 Å². The predicted molar refractivity (Wildman–Crippen MR) is 100 cm³/mol. The molecule has 1 fully saturated rings. The Balaban J connectivity index is 2.06. The van der Waals surface area contributed by atoms with Crippen molar-refractivity contribution in [3.05, 3.63) is 35.4 Å². The fourth-order valence-corrected chi connectivity index (χ4v) is 3.19. The van der Waals surface area contributed by atoms with Gasteiger partial charge in [0.2, 0.25) is 0 Å². The van der Waals surface area contributed by atoms with Crippen LogP contribution in [0.3, 0.4) is 0 Å². The summed E-state index contributed by atoms with van der Waals surface area (Å²) in [4.78, 5) is 27.8. The predicted octanol–water partition coefficient (Wildman–Crippen LogP) is 3.46. The standard InChI is InChI=1S/C20H30N2O4/c1-14(2)17-13-21(9-10-22(17)19(25)26-20(3,4)5)12-15-7-6-8-16(11-15)18(23)24/h6-8,11,14,17H,9-10,12-13H2,1-5H3,(H,23,24)/t17-/m1/s1. The number of carboxylic acids is 1. The molecule has 6 nitrogen and oxygen atoms in total. The van der Waals surface area contributed by atoms with Crippen LogP contribution in [-0.2, 0) is 11.3 Å². The van der Waals surface area contributed by atoms with E-state index < -0.39 is 11.6 Å². The Morgan fingerprint density at radius 3 is 2.54 bits per heavy atom. The van der Waals surface area contributed by atoms with E-state index in [1.165, 1.54) is 0 Å². The lowest BCUT2D eigenvalue weighted by molar-refractivity contribution is -0.0106. The summed E-state index contributed by atoms with van der Waals surface area (Å²) in [6.07, 6.45) is -0.260. The van der Waals surface area contributed by atoms with Crippen LogP contribution in [0, 0.1) is 5.92 Å². The van der Waals surface area contributed by atoms with Gasteiger partial charge >= 0.3 is 12.1 Å². The largest absolute Gasteiger partial charge is 0.478 e. The Bertz CT molecular complexity index is 651. The van der Waals surface area contributed by atoms with Crippen LogP contribution in [0.15, 0.2) is 24.3 Å². The maximum atomic E-state index is 12.5. The molecule has 6 heteroatoms. The second-order valence-corrected chi connectivity index (χ2v) is 8.23. The number of rotatable bonds is 4. The smallest absolute Gasteiger partial charge is 0.410 e. The van der Waals surface area contributed by atoms with Crippen LogP contribution in [0.5, 0.6) is 0 Å². The lowest BCUT2D eigenvalue weighted by atomic mass is 9.99. The van der Waals surface area contributed by atoms with Crippen LogP contribution in [0.4, 0.5) is 4.79 Å². The van der Waals surface area contributed by atoms with Gasteiger partial charge in [0.05, 0.1) is 11.6 Å². The molecule has 2 rings (SSSR count). The van der Waals surface area contributed by atoms with E-state index in [0.717, 1.165) is 18.7 Å². The summed E-state index contributed by atoms with van der Waals surface area (Å²) in [7, 11) is 0. The first-order chi connectivity index (χ1) is 12.1. The number of benzene rings is 1. The normalized spacial score (nSPS) is 18.8. The zero-order valence-corrected chi connectivity index (χ0v) is 16.4. The average Bonchev–Trinajstić information content (AvgIpc) is 2.53. The van der Waals surface area contributed by atoms with Crippen LogP contribution in [0.25, 0.3) is 0 Å². The van der Waals surface area contributed by atoms with Gasteiger partial charge in [0, 0.05) is 26.2 Å². The fraction of sp³-hybridized carbons (Fsp3) is 0.600. The number of piperazine rings is 1. The lowest BCUT2D eigenvalue weighted by Gasteiger charge is -2.43. The van der Waals surface area contributed by atoms with Gasteiger partial charge in [-0.2, -0.15) is 0 Å². The van der Waals surface area contributed by atoms with Crippen LogP contribution < -0.4 is 0 Å². The fourth-order valence-electron chi connectivity index (χ4n) is 3.19. The van der Waals surface area contributed by atoms with Gasteiger partial charge in [-0.25, -0.2) is 9.59 Å². The lowest BCUT2D eigenvalue weighted by Crippen LogP contribution is -2.57. The summed E-state index contributed by atoms with van der Waals surface area (Å²) in [5.41, 5.74) is 0.765. The van der Waals surface area contributed by atoms with Crippen molar-refractivity contribution in [2.45, 2.75) is 52.8 Å². The Labute approximate surface area is 155 Å². The van der Waals surface area contributed by atoms with Crippen LogP contribution in [-0.4, -0.2) is 58.2 Å². The number of nitrogens with zero attached hydrogens (tertiary/aromatic N) is 2. The van der Waals surface area contributed by atoms with Crippen molar-refractivity contribution in [2.24, 2.45) is 5.92 Å². The molecule has 1 atom stereocenters. The molecule has 1 aromatic carbocycles. The van der Waals surface area contributed by atoms with Crippen molar-refractivity contribution >= 4 is 12.1 Å². The quantitative estimate of drug-likeness (QED) is 0.888. The van der Waals surface area contributed by atoms with Gasteiger partial charge in [0.25, 0.3) is 0 Å². The van der Waals surface area contributed by atoms with Gasteiger partial charge in [0.1, 0.15) is 5.60 Å². The van der Waals surface area contributed by atoms with Crippen molar-refractivity contribution in [1.29, 1.82) is 0 Å². The van der Waals surface area contributed by atoms with Gasteiger partial charge < -0.3 is 14.7 Å². The van der Waals surface area contributed by atoms with Crippen molar-refractivity contribution in [2.75, 3.05) is 19.6 Å². The van der Waals surface area contributed by atoms with Crippen LogP contribution in [0.1, 0.15) is 50.5 Å². The number of carbonyl (C=O) groups excluding carboxylic acids is 1. The second-order valence-electron chi connectivity index (χ2n) is 8.23. The van der Waals surface area contributed by atoms with Gasteiger partial charge in [-0.1, -0.05) is 26.0 Å². The number of aromatic carboxylic acids is 1. The van der Waals surface area contributed by atoms with Gasteiger partial charge in [-0.05, 0) is 44.4 Å². The molecule has 1 heterocycles. The van der Waals surface area contributed by atoms with E-state index in [4.69, 9.17) is 9.84 Å². The summed E-state index contributed by atoms with van der Waals surface area (Å²) in [6, 6.07) is 7.10. The number of carbonyl (C=O) groups is 2. The molecule has 1 N–H and O–H groups in total. The zero-order chi connectivity index (χ0) is 19.5. The molecule has 1 aromatic rings. The van der Waals surface area contributed by atoms with Crippen molar-refractivity contribution < 1.29 is 19.4 Å². The first-order valence-electron chi connectivity index (χ1n) is 9.11. The minimum atomic E-state index is -0.915. The summed E-state index contributed by atoms with van der Waals surface area (Å²) in [5.74, 6) is -0.614. The van der Waals surface area contributed by atoms with E-state index in [1.54, 1.807) is 18.2 Å². The Kier molecular flexibility index (Phi) is 6.29. The Morgan fingerprint density at radius 1 is 1.27 bits per heavy atom. The summed E-state index contributed by atoms with van der Waals surface area (Å²) in [5, 5.41) is 9.15. The van der Waals surface area contributed by atoms with Crippen molar-refractivity contribution in [3.63, 3.8) is 0 Å². The molecule has 1 amide bonds. The molecule has 1 aliphatic rings. The minimum Gasteiger partial charge on any atom is -0.478 e. The molecule has 0 unspecified atom stereocenters. The maximum absolute atomic E-state index is 12.5. The molecule has 0 spiro atoms. The average molecular weight is 362 g/mol. The molecule has 0 radical (unpaired) electrons. The van der Waals surface area contributed by atoms with Gasteiger partial charge in [-0.3, -0.25) is 4.90 Å². The second kappa shape index (κ2) is 8.08. The highest BCUT2D eigenvalue weighted by Gasteiger charge is 2.34. The van der Waals surface area contributed by atoms with Crippen molar-refractivity contribution in [1.82, 2.24) is 9.80 Å². The number of hydrogen-bond donors (Lipinski definition) is 1. The molecule has 1 saturated heterocycles. The highest BCUT2D eigenvalue weighted by Crippen LogP contribution is 2.22. The molecule has 0 aromatic heterocycles. The SMILES string of the molecule is CC(C)[C@H]1CN(Cc2cccc(C(=O)O)c2)CCN1C(=O)OC(C)(C)C.